The highest BCUT2D eigenvalue weighted by molar-refractivity contribution is 5.43. The van der Waals surface area contributed by atoms with E-state index in [4.69, 9.17) is 4.74 Å². The van der Waals surface area contributed by atoms with E-state index in [1.165, 1.54) is 0 Å². The third-order valence-electron chi connectivity index (χ3n) is 2.44. The number of hydrogen-bond acceptors (Lipinski definition) is 4. The van der Waals surface area contributed by atoms with Crippen molar-refractivity contribution in [1.82, 2.24) is 9.97 Å². The van der Waals surface area contributed by atoms with Gasteiger partial charge in [-0.2, -0.15) is 4.98 Å². The number of para-hydroxylation sites is 1. The standard InChI is InChI=1S/C14H17N3O/c1-3-9-15-13-11(2)10-16-14(17-13)18-12-7-5-4-6-8-12/h4-8,10H,3,9H2,1-2H3,(H,15,16,17). The van der Waals surface area contributed by atoms with Gasteiger partial charge in [0.2, 0.25) is 0 Å². The lowest BCUT2D eigenvalue weighted by Crippen LogP contribution is -2.05. The van der Waals surface area contributed by atoms with Gasteiger partial charge in [0.1, 0.15) is 11.6 Å². The third kappa shape index (κ3) is 3.20. The molecule has 2 aromatic rings. The zero-order valence-corrected chi connectivity index (χ0v) is 10.7. The van der Waals surface area contributed by atoms with E-state index in [-0.39, 0.29) is 0 Å². The number of anilines is 1. The second-order valence-electron chi connectivity index (χ2n) is 4.03. The number of hydrogen-bond donors (Lipinski definition) is 1. The highest BCUT2D eigenvalue weighted by atomic mass is 16.5. The number of ether oxygens (including phenoxy) is 1. The predicted octanol–water partition coefficient (Wildman–Crippen LogP) is 3.40. The first-order valence-electron chi connectivity index (χ1n) is 6.10. The van der Waals surface area contributed by atoms with E-state index < -0.39 is 0 Å². The second kappa shape index (κ2) is 6.00. The van der Waals surface area contributed by atoms with E-state index in [1.807, 2.05) is 37.3 Å². The van der Waals surface area contributed by atoms with Crippen molar-refractivity contribution in [2.24, 2.45) is 0 Å². The van der Waals surface area contributed by atoms with Gasteiger partial charge >= 0.3 is 6.01 Å². The largest absolute Gasteiger partial charge is 0.424 e. The lowest BCUT2D eigenvalue weighted by Gasteiger charge is -2.09. The summed E-state index contributed by atoms with van der Waals surface area (Å²) in [5.41, 5.74) is 1.02. The number of aryl methyl sites for hydroxylation is 1. The van der Waals surface area contributed by atoms with Crippen LogP contribution in [0.15, 0.2) is 36.5 Å². The van der Waals surface area contributed by atoms with Gasteiger partial charge in [-0.15, -0.1) is 0 Å². The zero-order valence-electron chi connectivity index (χ0n) is 10.7. The van der Waals surface area contributed by atoms with E-state index in [9.17, 15) is 0 Å². The maximum absolute atomic E-state index is 5.59. The van der Waals surface area contributed by atoms with Gasteiger partial charge in [0.25, 0.3) is 0 Å². The molecule has 1 N–H and O–H groups in total. The van der Waals surface area contributed by atoms with Crippen LogP contribution in [0.3, 0.4) is 0 Å². The van der Waals surface area contributed by atoms with Gasteiger partial charge in [-0.3, -0.25) is 0 Å². The molecule has 4 nitrogen and oxygen atoms in total. The molecule has 0 unspecified atom stereocenters. The first-order valence-corrected chi connectivity index (χ1v) is 6.10. The van der Waals surface area contributed by atoms with Crippen molar-refractivity contribution >= 4 is 5.82 Å². The normalized spacial score (nSPS) is 10.1. The molecule has 0 fully saturated rings. The summed E-state index contributed by atoms with van der Waals surface area (Å²) < 4.78 is 5.59. The molecule has 0 atom stereocenters. The molecular formula is C14H17N3O. The van der Waals surface area contributed by atoms with Gasteiger partial charge in [0.05, 0.1) is 0 Å². The van der Waals surface area contributed by atoms with Crippen LogP contribution >= 0.6 is 0 Å². The van der Waals surface area contributed by atoms with Crippen molar-refractivity contribution in [3.05, 3.63) is 42.1 Å². The van der Waals surface area contributed by atoms with E-state index in [0.717, 1.165) is 30.1 Å². The van der Waals surface area contributed by atoms with Crippen LogP contribution in [0.1, 0.15) is 18.9 Å². The molecule has 0 bridgehead atoms. The average Bonchev–Trinajstić information content (AvgIpc) is 2.40. The first-order chi connectivity index (χ1) is 8.79. The molecule has 2 rings (SSSR count). The summed E-state index contributed by atoms with van der Waals surface area (Å²) in [4.78, 5) is 8.53. The van der Waals surface area contributed by atoms with Gasteiger partial charge in [-0.05, 0) is 25.5 Å². The number of aromatic nitrogens is 2. The Morgan fingerprint density at radius 3 is 2.72 bits per heavy atom. The summed E-state index contributed by atoms with van der Waals surface area (Å²) in [7, 11) is 0. The Balaban J connectivity index is 2.14. The molecule has 0 saturated carbocycles. The summed E-state index contributed by atoms with van der Waals surface area (Å²) in [6.45, 7) is 4.98. The molecule has 0 aliphatic heterocycles. The minimum absolute atomic E-state index is 0.366. The monoisotopic (exact) mass is 243 g/mol. The topological polar surface area (TPSA) is 47.0 Å². The van der Waals surface area contributed by atoms with E-state index in [0.29, 0.717) is 6.01 Å². The van der Waals surface area contributed by atoms with Crippen molar-refractivity contribution in [2.75, 3.05) is 11.9 Å². The molecule has 1 heterocycles. The minimum Gasteiger partial charge on any atom is -0.424 e. The Bertz CT molecular complexity index is 500. The van der Waals surface area contributed by atoms with Crippen molar-refractivity contribution in [3.8, 4) is 11.8 Å². The third-order valence-corrected chi connectivity index (χ3v) is 2.44. The number of nitrogens with zero attached hydrogens (tertiary/aromatic N) is 2. The summed E-state index contributed by atoms with van der Waals surface area (Å²) >= 11 is 0. The van der Waals surface area contributed by atoms with Crippen LogP contribution in [0, 0.1) is 6.92 Å². The van der Waals surface area contributed by atoms with Crippen LogP contribution in [-0.2, 0) is 0 Å². The SMILES string of the molecule is CCCNc1nc(Oc2ccccc2)ncc1C. The lowest BCUT2D eigenvalue weighted by atomic mass is 10.3. The highest BCUT2D eigenvalue weighted by Gasteiger charge is 2.04. The van der Waals surface area contributed by atoms with Crippen molar-refractivity contribution in [1.29, 1.82) is 0 Å². The molecule has 0 amide bonds. The van der Waals surface area contributed by atoms with Crippen LogP contribution in [-0.4, -0.2) is 16.5 Å². The zero-order chi connectivity index (χ0) is 12.8. The molecule has 0 aliphatic carbocycles. The Hall–Kier alpha value is -2.10. The molecule has 94 valence electrons. The molecule has 1 aromatic carbocycles. The fraction of sp³-hybridized carbons (Fsp3) is 0.286. The molecule has 4 heteroatoms. The lowest BCUT2D eigenvalue weighted by molar-refractivity contribution is 0.442. The van der Waals surface area contributed by atoms with Crippen LogP contribution < -0.4 is 10.1 Å². The number of rotatable bonds is 5. The van der Waals surface area contributed by atoms with Gasteiger partial charge in [-0.1, -0.05) is 25.1 Å². The molecule has 1 aromatic heterocycles. The Labute approximate surface area is 107 Å². The Morgan fingerprint density at radius 2 is 2.00 bits per heavy atom. The molecular weight excluding hydrogens is 226 g/mol. The van der Waals surface area contributed by atoms with Crippen molar-refractivity contribution in [2.45, 2.75) is 20.3 Å². The van der Waals surface area contributed by atoms with E-state index in [2.05, 4.69) is 22.2 Å². The Kier molecular flexibility index (Phi) is 4.12. The number of nitrogens with one attached hydrogen (secondary N) is 1. The van der Waals surface area contributed by atoms with Crippen molar-refractivity contribution in [3.63, 3.8) is 0 Å². The molecule has 0 radical (unpaired) electrons. The molecule has 0 spiro atoms. The van der Waals surface area contributed by atoms with Gasteiger partial charge in [-0.25, -0.2) is 4.98 Å². The van der Waals surface area contributed by atoms with Crippen LogP contribution in [0.4, 0.5) is 5.82 Å². The maximum atomic E-state index is 5.59. The number of benzene rings is 1. The average molecular weight is 243 g/mol. The molecule has 18 heavy (non-hydrogen) atoms. The van der Waals surface area contributed by atoms with Crippen LogP contribution in [0.2, 0.25) is 0 Å². The molecule has 0 aliphatic rings. The predicted molar refractivity (Wildman–Crippen MR) is 72.1 cm³/mol. The minimum atomic E-state index is 0.366. The summed E-state index contributed by atoms with van der Waals surface area (Å²) in [6.07, 6.45) is 2.82. The van der Waals surface area contributed by atoms with Gasteiger partial charge in [0, 0.05) is 18.3 Å². The Morgan fingerprint density at radius 1 is 1.22 bits per heavy atom. The van der Waals surface area contributed by atoms with E-state index in [1.54, 1.807) is 6.20 Å². The maximum Gasteiger partial charge on any atom is 0.323 e. The highest BCUT2D eigenvalue weighted by Crippen LogP contribution is 2.19. The summed E-state index contributed by atoms with van der Waals surface area (Å²) in [5, 5.41) is 3.26. The summed E-state index contributed by atoms with van der Waals surface area (Å²) in [6, 6.07) is 9.90. The second-order valence-corrected chi connectivity index (χ2v) is 4.03. The fourth-order valence-electron chi connectivity index (χ4n) is 1.49. The van der Waals surface area contributed by atoms with Crippen LogP contribution in [0.25, 0.3) is 0 Å². The van der Waals surface area contributed by atoms with Gasteiger partial charge in [0.15, 0.2) is 0 Å². The van der Waals surface area contributed by atoms with Crippen molar-refractivity contribution < 1.29 is 4.74 Å². The fourth-order valence-corrected chi connectivity index (χ4v) is 1.49. The quantitative estimate of drug-likeness (QED) is 0.874. The summed E-state index contributed by atoms with van der Waals surface area (Å²) in [5.74, 6) is 1.57. The first kappa shape index (κ1) is 12.4. The van der Waals surface area contributed by atoms with Crippen LogP contribution in [0.5, 0.6) is 11.8 Å². The molecule has 0 saturated heterocycles. The van der Waals surface area contributed by atoms with Gasteiger partial charge < -0.3 is 10.1 Å². The van der Waals surface area contributed by atoms with E-state index >= 15 is 0 Å². The smallest absolute Gasteiger partial charge is 0.323 e.